The zero-order chi connectivity index (χ0) is 25.2. The number of benzene rings is 2. The summed E-state index contributed by atoms with van der Waals surface area (Å²) in [4.78, 5) is 40.3. The number of nitrogens with zero attached hydrogens (tertiary/aromatic N) is 1. The number of pyridine rings is 1. The lowest BCUT2D eigenvalue weighted by Crippen LogP contribution is -2.54. The lowest BCUT2D eigenvalue weighted by molar-refractivity contribution is -0.131. The first-order valence-electron chi connectivity index (χ1n) is 11.0. The van der Waals surface area contributed by atoms with E-state index in [1.807, 2.05) is 24.3 Å². The summed E-state index contributed by atoms with van der Waals surface area (Å²) < 4.78 is 0. The highest BCUT2D eigenvalue weighted by Gasteiger charge is 2.24. The van der Waals surface area contributed by atoms with Gasteiger partial charge >= 0.3 is 0 Å². The number of hydrogen-bond acceptors (Lipinski definition) is 7. The van der Waals surface area contributed by atoms with Gasteiger partial charge in [0.2, 0.25) is 5.91 Å². The van der Waals surface area contributed by atoms with Gasteiger partial charge in [-0.3, -0.25) is 24.6 Å². The second-order valence-corrected chi connectivity index (χ2v) is 7.95. The highest BCUT2D eigenvalue weighted by Crippen LogP contribution is 2.22. The third-order valence-electron chi connectivity index (χ3n) is 5.19. The molecule has 2 aromatic carbocycles. The van der Waals surface area contributed by atoms with E-state index in [0.717, 1.165) is 16.7 Å². The van der Waals surface area contributed by atoms with Crippen molar-refractivity contribution in [1.29, 1.82) is 0 Å². The van der Waals surface area contributed by atoms with E-state index in [2.05, 4.69) is 20.9 Å². The van der Waals surface area contributed by atoms with Crippen LogP contribution in [-0.2, 0) is 16.1 Å². The van der Waals surface area contributed by atoms with E-state index in [0.29, 0.717) is 17.8 Å². The Bertz CT molecular complexity index is 1130. The average molecular weight is 477 g/mol. The molecule has 35 heavy (non-hydrogen) atoms. The van der Waals surface area contributed by atoms with Crippen LogP contribution in [0.2, 0.25) is 0 Å². The summed E-state index contributed by atoms with van der Waals surface area (Å²) in [5.74, 6) is -1.43. The summed E-state index contributed by atoms with van der Waals surface area (Å²) in [6.45, 7) is 2.27. The van der Waals surface area contributed by atoms with Crippen molar-refractivity contribution in [3.63, 3.8) is 0 Å². The van der Waals surface area contributed by atoms with Gasteiger partial charge in [0, 0.05) is 36.2 Å². The molecule has 0 bridgehead atoms. The van der Waals surface area contributed by atoms with Crippen molar-refractivity contribution in [2.75, 3.05) is 11.9 Å². The molecule has 7 N–H and O–H groups in total. The Hall–Kier alpha value is -4.12. The zero-order valence-electron chi connectivity index (χ0n) is 19.2. The molecular formula is C25H28N6O4. The first kappa shape index (κ1) is 25.5. The molecule has 10 heteroatoms. The lowest BCUT2D eigenvalue weighted by Gasteiger charge is -2.20. The summed E-state index contributed by atoms with van der Waals surface area (Å²) in [7, 11) is 0. The third-order valence-corrected chi connectivity index (χ3v) is 5.19. The van der Waals surface area contributed by atoms with E-state index >= 15 is 0 Å². The monoisotopic (exact) mass is 476 g/mol. The Labute approximate surface area is 202 Å². The highest BCUT2D eigenvalue weighted by molar-refractivity contribution is 5.98. The topological polar surface area (TPSA) is 158 Å². The van der Waals surface area contributed by atoms with Crippen molar-refractivity contribution < 1.29 is 19.6 Å². The number of aromatic nitrogens is 1. The van der Waals surface area contributed by atoms with Gasteiger partial charge in [-0.05, 0) is 53.9 Å². The van der Waals surface area contributed by atoms with Crippen molar-refractivity contribution in [3.8, 4) is 11.1 Å². The number of nitrogens with one attached hydrogen (secondary N) is 4. The van der Waals surface area contributed by atoms with E-state index in [9.17, 15) is 14.4 Å². The van der Waals surface area contributed by atoms with Crippen LogP contribution in [0.15, 0.2) is 73.1 Å². The molecule has 0 spiro atoms. The van der Waals surface area contributed by atoms with Crippen LogP contribution in [0.25, 0.3) is 11.1 Å². The second-order valence-electron chi connectivity index (χ2n) is 7.95. The minimum Gasteiger partial charge on any atom is -0.339 e. The van der Waals surface area contributed by atoms with Gasteiger partial charge in [-0.25, -0.2) is 5.48 Å². The SMILES string of the molecule is C[C@@H](N)[C@H](NC(=O)c1ccc(-c2ccc(NC(=O)CNCc3cccnc3)cc2)cc1)C(=O)NO. The quantitative estimate of drug-likeness (QED) is 0.191. The molecule has 0 aliphatic heterocycles. The zero-order valence-corrected chi connectivity index (χ0v) is 19.2. The maximum absolute atomic E-state index is 12.5. The van der Waals surface area contributed by atoms with Crippen LogP contribution in [0.4, 0.5) is 5.69 Å². The average Bonchev–Trinajstić information content (AvgIpc) is 2.87. The van der Waals surface area contributed by atoms with Gasteiger partial charge in [-0.2, -0.15) is 0 Å². The minimum atomic E-state index is -1.07. The molecule has 2 atom stereocenters. The number of hydrogen-bond donors (Lipinski definition) is 6. The second kappa shape index (κ2) is 12.4. The van der Waals surface area contributed by atoms with Crippen molar-refractivity contribution in [2.24, 2.45) is 5.73 Å². The standard InChI is InChI=1S/C25H28N6O4/c1-16(26)23(25(34)31-35)30-24(33)20-6-4-18(5-7-20)19-8-10-21(11-9-19)29-22(32)15-28-14-17-3-2-12-27-13-17/h2-13,16,23,28,35H,14-15,26H2,1H3,(H,29,32)(H,30,33)(H,31,34)/t16-,23+/m1/s1. The van der Waals surface area contributed by atoms with Crippen molar-refractivity contribution in [1.82, 2.24) is 21.1 Å². The number of rotatable bonds is 10. The summed E-state index contributed by atoms with van der Waals surface area (Å²) >= 11 is 0. The van der Waals surface area contributed by atoms with E-state index < -0.39 is 23.9 Å². The molecule has 3 amide bonds. The molecule has 0 radical (unpaired) electrons. The number of hydroxylamine groups is 1. The van der Waals surface area contributed by atoms with E-state index in [1.54, 1.807) is 55.7 Å². The van der Waals surface area contributed by atoms with E-state index in [4.69, 9.17) is 10.9 Å². The lowest BCUT2D eigenvalue weighted by atomic mass is 10.0. The predicted octanol–water partition coefficient (Wildman–Crippen LogP) is 1.43. The largest absolute Gasteiger partial charge is 0.339 e. The van der Waals surface area contributed by atoms with Gasteiger partial charge in [-0.1, -0.05) is 30.3 Å². The van der Waals surface area contributed by atoms with Gasteiger partial charge in [-0.15, -0.1) is 0 Å². The molecule has 0 unspecified atom stereocenters. The third kappa shape index (κ3) is 7.44. The maximum Gasteiger partial charge on any atom is 0.267 e. The Morgan fingerprint density at radius 3 is 2.23 bits per heavy atom. The van der Waals surface area contributed by atoms with Crippen LogP contribution < -0.4 is 27.2 Å². The van der Waals surface area contributed by atoms with Crippen LogP contribution in [-0.4, -0.2) is 46.5 Å². The number of amides is 3. The molecular weight excluding hydrogens is 448 g/mol. The van der Waals surface area contributed by atoms with Crippen LogP contribution in [0.5, 0.6) is 0 Å². The predicted molar refractivity (Wildman–Crippen MR) is 131 cm³/mol. The molecule has 1 heterocycles. The number of nitrogens with two attached hydrogens (primary N) is 1. The fraction of sp³-hybridized carbons (Fsp3) is 0.200. The van der Waals surface area contributed by atoms with Crippen molar-refractivity contribution >= 4 is 23.4 Å². The maximum atomic E-state index is 12.5. The fourth-order valence-corrected chi connectivity index (χ4v) is 3.32. The van der Waals surface area contributed by atoms with Crippen LogP contribution in [0.3, 0.4) is 0 Å². The van der Waals surface area contributed by atoms with E-state index in [-0.39, 0.29) is 12.5 Å². The Kier molecular flexibility index (Phi) is 9.02. The molecule has 0 saturated carbocycles. The summed E-state index contributed by atoms with van der Waals surface area (Å²) in [6, 6.07) is 16.2. The normalized spacial score (nSPS) is 12.3. The van der Waals surface area contributed by atoms with Gasteiger partial charge in [0.15, 0.2) is 0 Å². The number of carbonyl (C=O) groups excluding carboxylic acids is 3. The molecule has 0 aliphatic carbocycles. The first-order valence-corrected chi connectivity index (χ1v) is 11.0. The molecule has 3 rings (SSSR count). The van der Waals surface area contributed by atoms with Crippen LogP contribution in [0, 0.1) is 0 Å². The molecule has 1 aromatic heterocycles. The van der Waals surface area contributed by atoms with Crippen molar-refractivity contribution in [2.45, 2.75) is 25.6 Å². The molecule has 0 aliphatic rings. The van der Waals surface area contributed by atoms with Gasteiger partial charge in [0.1, 0.15) is 6.04 Å². The molecule has 182 valence electrons. The molecule has 0 saturated heterocycles. The summed E-state index contributed by atoms with van der Waals surface area (Å²) in [5.41, 5.74) is 11.0. The van der Waals surface area contributed by atoms with Gasteiger partial charge in [0.05, 0.1) is 6.54 Å². The van der Waals surface area contributed by atoms with Gasteiger partial charge < -0.3 is 21.7 Å². The fourth-order valence-electron chi connectivity index (χ4n) is 3.32. The number of anilines is 1. The smallest absolute Gasteiger partial charge is 0.267 e. The minimum absolute atomic E-state index is 0.156. The summed E-state index contributed by atoms with van der Waals surface area (Å²) in [5, 5.41) is 17.2. The number of carbonyl (C=O) groups is 3. The van der Waals surface area contributed by atoms with Crippen molar-refractivity contribution in [3.05, 3.63) is 84.2 Å². The van der Waals surface area contributed by atoms with Crippen LogP contribution >= 0.6 is 0 Å². The van der Waals surface area contributed by atoms with Crippen LogP contribution in [0.1, 0.15) is 22.8 Å². The first-order chi connectivity index (χ1) is 16.9. The van der Waals surface area contributed by atoms with Gasteiger partial charge in [0.25, 0.3) is 11.8 Å². The summed E-state index contributed by atoms with van der Waals surface area (Å²) in [6.07, 6.45) is 3.44. The highest BCUT2D eigenvalue weighted by atomic mass is 16.5. The molecule has 3 aromatic rings. The Morgan fingerprint density at radius 2 is 1.66 bits per heavy atom. The molecule has 0 fully saturated rings. The molecule has 10 nitrogen and oxygen atoms in total. The Morgan fingerprint density at radius 1 is 1.00 bits per heavy atom. The Balaban J connectivity index is 1.53. The van der Waals surface area contributed by atoms with E-state index in [1.165, 1.54) is 5.48 Å².